The number of cyclic esters (lactones) is 1. The second kappa shape index (κ2) is 12.3. The van der Waals surface area contributed by atoms with Gasteiger partial charge in [-0.15, -0.1) is 0 Å². The molecule has 0 saturated carbocycles. The van der Waals surface area contributed by atoms with Gasteiger partial charge >= 0.3 is 6.09 Å². The quantitative estimate of drug-likeness (QED) is 0.655. The highest BCUT2D eigenvalue weighted by Gasteiger charge is 2.39. The van der Waals surface area contributed by atoms with Crippen molar-refractivity contribution in [2.45, 2.75) is 90.8 Å². The number of carbonyl (C=O) groups is 3. The molecule has 0 fully saturated rings. The molecule has 7 heteroatoms. The molecule has 0 spiro atoms. The minimum atomic E-state index is -0.972. The summed E-state index contributed by atoms with van der Waals surface area (Å²) in [6, 6.07) is 0.0408. The second-order valence-corrected chi connectivity index (χ2v) is 9.76. The monoisotopic (exact) mass is 437 g/mol. The van der Waals surface area contributed by atoms with E-state index in [1.165, 1.54) is 4.90 Å². The highest BCUT2D eigenvalue weighted by Crippen LogP contribution is 2.21. The Morgan fingerprint density at radius 1 is 1.13 bits per heavy atom. The number of ketones is 2. The number of carbonyl (C=O) groups excluding carboxylic acids is 3. The Morgan fingerprint density at radius 2 is 1.81 bits per heavy atom. The number of nitrogens with one attached hydrogen (secondary N) is 2. The van der Waals surface area contributed by atoms with Crippen LogP contribution in [0.1, 0.15) is 73.6 Å². The number of allylic oxidation sites excluding steroid dienone is 1. The van der Waals surface area contributed by atoms with Crippen molar-refractivity contribution in [3.05, 3.63) is 12.2 Å². The van der Waals surface area contributed by atoms with Gasteiger partial charge in [0.15, 0.2) is 11.6 Å². The zero-order valence-corrected chi connectivity index (χ0v) is 20.5. The van der Waals surface area contributed by atoms with E-state index in [4.69, 9.17) is 4.74 Å². The largest absolute Gasteiger partial charge is 0.445 e. The summed E-state index contributed by atoms with van der Waals surface area (Å²) in [4.78, 5) is 40.1. The summed E-state index contributed by atoms with van der Waals surface area (Å²) in [6.45, 7) is 11.9. The average Bonchev–Trinajstić information content (AvgIpc) is 2.68. The highest BCUT2D eigenvalue weighted by molar-refractivity contribution is 5.93. The topological polar surface area (TPSA) is 87.7 Å². The van der Waals surface area contributed by atoms with Gasteiger partial charge in [0.05, 0.1) is 17.6 Å². The summed E-state index contributed by atoms with van der Waals surface area (Å²) in [6.07, 6.45) is 7.92. The fraction of sp³-hybridized carbons (Fsp3) is 0.792. The van der Waals surface area contributed by atoms with Gasteiger partial charge in [-0.2, -0.15) is 0 Å². The van der Waals surface area contributed by atoms with Gasteiger partial charge in [-0.25, -0.2) is 4.79 Å². The Labute approximate surface area is 188 Å². The van der Waals surface area contributed by atoms with Crippen LogP contribution < -0.4 is 10.6 Å². The van der Waals surface area contributed by atoms with Gasteiger partial charge in [-0.1, -0.05) is 38.8 Å². The van der Waals surface area contributed by atoms with Gasteiger partial charge in [-0.3, -0.25) is 14.9 Å². The minimum Gasteiger partial charge on any atom is -0.445 e. The summed E-state index contributed by atoms with van der Waals surface area (Å²) < 4.78 is 5.30. The molecule has 0 aromatic heterocycles. The second-order valence-electron chi connectivity index (χ2n) is 9.76. The van der Waals surface area contributed by atoms with E-state index < -0.39 is 17.2 Å². The van der Waals surface area contributed by atoms with E-state index in [1.54, 1.807) is 14.0 Å². The molecule has 1 aliphatic rings. The molecule has 178 valence electrons. The van der Waals surface area contributed by atoms with E-state index in [0.29, 0.717) is 6.42 Å². The van der Waals surface area contributed by atoms with Crippen LogP contribution in [-0.4, -0.2) is 66.4 Å². The molecular weight excluding hydrogens is 394 g/mol. The number of rotatable bonds is 4. The van der Waals surface area contributed by atoms with E-state index in [-0.39, 0.29) is 43.2 Å². The Hall–Kier alpha value is -1.73. The van der Waals surface area contributed by atoms with Crippen LogP contribution in [0.3, 0.4) is 0 Å². The highest BCUT2D eigenvalue weighted by atomic mass is 16.6. The maximum Gasteiger partial charge on any atom is 0.409 e. The normalized spacial score (nSPS) is 29.0. The lowest BCUT2D eigenvalue weighted by atomic mass is 9.83. The van der Waals surface area contributed by atoms with Crippen LogP contribution in [0.2, 0.25) is 0 Å². The van der Waals surface area contributed by atoms with Gasteiger partial charge in [0, 0.05) is 25.6 Å². The molecule has 31 heavy (non-hydrogen) atoms. The Balaban J connectivity index is 3.14. The Kier molecular flexibility index (Phi) is 10.9. The van der Waals surface area contributed by atoms with Crippen molar-refractivity contribution >= 4 is 17.7 Å². The van der Waals surface area contributed by atoms with Crippen LogP contribution in [0.15, 0.2) is 12.2 Å². The van der Waals surface area contributed by atoms with E-state index in [1.807, 2.05) is 46.8 Å². The molecule has 0 aliphatic carbocycles. The third-order valence-electron chi connectivity index (χ3n) is 5.81. The molecule has 0 bridgehead atoms. The van der Waals surface area contributed by atoms with E-state index in [0.717, 1.165) is 25.7 Å². The minimum absolute atomic E-state index is 0.0408. The summed E-state index contributed by atoms with van der Waals surface area (Å²) in [5, 5.41) is 6.60. The predicted molar refractivity (Wildman–Crippen MR) is 124 cm³/mol. The Morgan fingerprint density at radius 3 is 2.42 bits per heavy atom. The molecule has 0 radical (unpaired) electrons. The molecule has 1 aliphatic heterocycles. The molecule has 1 amide bonds. The van der Waals surface area contributed by atoms with Crippen molar-refractivity contribution in [2.75, 3.05) is 26.7 Å². The molecule has 0 aromatic rings. The lowest BCUT2D eigenvalue weighted by molar-refractivity contribution is -0.129. The first-order valence-corrected chi connectivity index (χ1v) is 11.5. The number of hydrogen-bond donors (Lipinski definition) is 2. The number of hydrogen-bond acceptors (Lipinski definition) is 6. The smallest absolute Gasteiger partial charge is 0.409 e. The van der Waals surface area contributed by atoms with E-state index >= 15 is 0 Å². The first kappa shape index (κ1) is 27.3. The van der Waals surface area contributed by atoms with Crippen molar-refractivity contribution in [1.29, 1.82) is 0 Å². The van der Waals surface area contributed by atoms with Gasteiger partial charge in [0.2, 0.25) is 0 Å². The van der Waals surface area contributed by atoms with Crippen molar-refractivity contribution in [3.8, 4) is 0 Å². The molecule has 2 N–H and O–H groups in total. The third-order valence-corrected chi connectivity index (χ3v) is 5.81. The van der Waals surface area contributed by atoms with E-state index in [9.17, 15) is 14.4 Å². The number of ether oxygens (including phenoxy) is 1. The molecule has 7 nitrogen and oxygen atoms in total. The maximum absolute atomic E-state index is 13.3. The zero-order chi connectivity index (χ0) is 23.7. The van der Waals surface area contributed by atoms with Gasteiger partial charge < -0.3 is 15.0 Å². The first-order chi connectivity index (χ1) is 14.4. The van der Waals surface area contributed by atoms with Gasteiger partial charge in [0.25, 0.3) is 0 Å². The lowest BCUT2D eigenvalue weighted by Gasteiger charge is -2.37. The molecule has 0 saturated heterocycles. The maximum atomic E-state index is 13.3. The van der Waals surface area contributed by atoms with Crippen molar-refractivity contribution in [1.82, 2.24) is 15.5 Å². The SMILES string of the molecule is CC(C)N[C@]1(C)CN(C)C(=O)OC/C=C\CCCCC[C@@](C)(C(=O)C(C)C)NCC1=O. The molecule has 2 atom stereocenters. The first-order valence-electron chi connectivity index (χ1n) is 11.5. The van der Waals surface area contributed by atoms with Crippen LogP contribution in [0, 0.1) is 5.92 Å². The fourth-order valence-electron chi connectivity index (χ4n) is 4.13. The van der Waals surface area contributed by atoms with Crippen LogP contribution in [0.5, 0.6) is 0 Å². The molecule has 1 rings (SSSR count). The summed E-state index contributed by atoms with van der Waals surface area (Å²) in [7, 11) is 1.63. The number of amides is 1. The lowest BCUT2D eigenvalue weighted by Crippen LogP contribution is -2.63. The standard InChI is InChI=1S/C24H43N3O4/c1-18(2)21(29)23(5)14-12-10-8-9-11-13-15-31-22(30)27(7)17-24(6,26-19(3)4)20(28)16-25-23/h11,13,18-19,25-26H,8-10,12,14-17H2,1-7H3/b13-11-/t23-,24+/m0/s1. The van der Waals surface area contributed by atoms with Crippen molar-refractivity contribution in [2.24, 2.45) is 5.92 Å². The number of nitrogens with zero attached hydrogens (tertiary/aromatic N) is 1. The fourth-order valence-corrected chi connectivity index (χ4v) is 4.13. The average molecular weight is 438 g/mol. The van der Waals surface area contributed by atoms with Crippen LogP contribution in [0.4, 0.5) is 4.79 Å². The molecule has 0 unspecified atom stereocenters. The van der Waals surface area contributed by atoms with Crippen LogP contribution >= 0.6 is 0 Å². The predicted octanol–water partition coefficient (Wildman–Crippen LogP) is 3.47. The van der Waals surface area contributed by atoms with Crippen LogP contribution in [-0.2, 0) is 14.3 Å². The summed E-state index contributed by atoms with van der Waals surface area (Å²) in [5.74, 6) is -0.0871. The van der Waals surface area contributed by atoms with E-state index in [2.05, 4.69) is 10.6 Å². The molecule has 0 aromatic carbocycles. The number of likely N-dealkylation sites (N-methyl/N-ethyl adjacent to an activating group) is 1. The summed E-state index contributed by atoms with van der Waals surface area (Å²) in [5.41, 5.74) is -1.72. The van der Waals surface area contributed by atoms with Crippen molar-refractivity contribution < 1.29 is 19.1 Å². The van der Waals surface area contributed by atoms with Crippen LogP contribution in [0.25, 0.3) is 0 Å². The summed E-state index contributed by atoms with van der Waals surface area (Å²) >= 11 is 0. The van der Waals surface area contributed by atoms with Gasteiger partial charge in [-0.05, 0) is 47.0 Å². The Bertz CT molecular complexity index is 647. The molecular formula is C24H43N3O4. The number of Topliss-reactive ketones (excluding diaryl/α,β-unsaturated/α-hetero) is 2. The zero-order valence-electron chi connectivity index (χ0n) is 20.5. The molecule has 1 heterocycles. The van der Waals surface area contributed by atoms with Crippen molar-refractivity contribution in [3.63, 3.8) is 0 Å². The third kappa shape index (κ3) is 8.73. The van der Waals surface area contributed by atoms with Gasteiger partial charge in [0.1, 0.15) is 6.61 Å².